The molecule has 0 spiro atoms. The van der Waals surface area contributed by atoms with Crippen molar-refractivity contribution >= 4 is 27.5 Å². The molecule has 0 fully saturated rings. The zero-order valence-electron chi connectivity index (χ0n) is 15.7. The van der Waals surface area contributed by atoms with Crippen LogP contribution < -0.4 is 10.1 Å². The maximum absolute atomic E-state index is 13.3. The first-order valence-corrected chi connectivity index (χ1v) is 10.3. The first-order valence-electron chi connectivity index (χ1n) is 8.51. The Balaban J connectivity index is 2.36. The fraction of sp³-hybridized carbons (Fsp3) is 0.316. The summed E-state index contributed by atoms with van der Waals surface area (Å²) in [7, 11) is -1.16. The van der Waals surface area contributed by atoms with Crippen LogP contribution in [0.5, 0.6) is 5.75 Å². The quantitative estimate of drug-likeness (QED) is 0.589. The van der Waals surface area contributed by atoms with E-state index in [0.717, 1.165) is 9.87 Å². The summed E-state index contributed by atoms with van der Waals surface area (Å²) in [5, 5.41) is 2.89. The van der Waals surface area contributed by atoms with E-state index < -0.39 is 15.9 Å². The minimum Gasteiger partial charge on any atom is -0.495 e. The third-order valence-electron chi connectivity index (χ3n) is 3.89. The number of sulfonamides is 1. The van der Waals surface area contributed by atoms with Gasteiger partial charge in [0, 0.05) is 25.2 Å². The molecule has 0 heterocycles. The van der Waals surface area contributed by atoms with Gasteiger partial charge in [0.15, 0.2) is 0 Å². The number of halogens is 1. The SMILES string of the molecule is COCCNC(=O)CN(Cc1ccccc1)S(=O)(=O)c1cc(Cl)ccc1OC. The Labute approximate surface area is 170 Å². The van der Waals surface area contributed by atoms with E-state index in [1.165, 1.54) is 26.4 Å². The fourth-order valence-corrected chi connectivity index (χ4v) is 4.32. The van der Waals surface area contributed by atoms with Crippen molar-refractivity contribution in [3.8, 4) is 5.75 Å². The van der Waals surface area contributed by atoms with Gasteiger partial charge in [-0.15, -0.1) is 0 Å². The molecule has 1 N–H and O–H groups in total. The molecule has 0 saturated heterocycles. The summed E-state index contributed by atoms with van der Waals surface area (Å²) in [4.78, 5) is 12.2. The molecule has 1 amide bonds. The van der Waals surface area contributed by atoms with Gasteiger partial charge in [-0.1, -0.05) is 41.9 Å². The normalized spacial score (nSPS) is 11.4. The summed E-state index contributed by atoms with van der Waals surface area (Å²) >= 11 is 6.00. The Bertz CT molecular complexity index is 890. The maximum atomic E-state index is 13.3. The van der Waals surface area contributed by atoms with Crippen LogP contribution >= 0.6 is 11.6 Å². The van der Waals surface area contributed by atoms with E-state index in [0.29, 0.717) is 6.61 Å². The molecule has 0 aliphatic heterocycles. The molecule has 28 heavy (non-hydrogen) atoms. The molecule has 152 valence electrons. The molecule has 0 saturated carbocycles. The zero-order chi connectivity index (χ0) is 20.6. The summed E-state index contributed by atoms with van der Waals surface area (Å²) in [5.74, 6) is -0.278. The molecule has 0 bridgehead atoms. The van der Waals surface area contributed by atoms with Crippen LogP contribution in [0.2, 0.25) is 5.02 Å². The highest BCUT2D eigenvalue weighted by atomic mass is 35.5. The van der Waals surface area contributed by atoms with Crippen LogP contribution in [0.4, 0.5) is 0 Å². The van der Waals surface area contributed by atoms with Crippen molar-refractivity contribution in [3.05, 3.63) is 59.1 Å². The van der Waals surface area contributed by atoms with Gasteiger partial charge in [0.25, 0.3) is 0 Å². The Kier molecular flexibility index (Phi) is 8.25. The van der Waals surface area contributed by atoms with E-state index >= 15 is 0 Å². The lowest BCUT2D eigenvalue weighted by Crippen LogP contribution is -2.41. The van der Waals surface area contributed by atoms with Crippen molar-refractivity contribution < 1.29 is 22.7 Å². The van der Waals surface area contributed by atoms with Crippen molar-refractivity contribution in [2.45, 2.75) is 11.4 Å². The number of nitrogens with zero attached hydrogens (tertiary/aromatic N) is 1. The van der Waals surface area contributed by atoms with E-state index in [4.69, 9.17) is 21.1 Å². The number of benzene rings is 2. The van der Waals surface area contributed by atoms with E-state index in [2.05, 4.69) is 5.32 Å². The highest BCUT2D eigenvalue weighted by Crippen LogP contribution is 2.30. The van der Waals surface area contributed by atoms with Gasteiger partial charge in [-0.2, -0.15) is 4.31 Å². The molecule has 0 radical (unpaired) electrons. The third kappa shape index (κ3) is 5.93. The minimum absolute atomic E-state index is 0.0243. The summed E-state index contributed by atoms with van der Waals surface area (Å²) in [6.07, 6.45) is 0. The van der Waals surface area contributed by atoms with Gasteiger partial charge in [0.05, 0.1) is 20.3 Å². The fourth-order valence-electron chi connectivity index (χ4n) is 2.51. The Hall–Kier alpha value is -2.13. The molecule has 2 rings (SSSR count). The summed E-state index contributed by atoms with van der Waals surface area (Å²) < 4.78 is 37.8. The Morgan fingerprint density at radius 2 is 1.86 bits per heavy atom. The molecule has 2 aromatic carbocycles. The number of methoxy groups -OCH3 is 2. The van der Waals surface area contributed by atoms with Crippen LogP contribution in [-0.2, 0) is 26.1 Å². The van der Waals surface area contributed by atoms with Crippen molar-refractivity contribution in [3.63, 3.8) is 0 Å². The molecule has 9 heteroatoms. The van der Waals surface area contributed by atoms with Crippen molar-refractivity contribution in [2.24, 2.45) is 0 Å². The largest absolute Gasteiger partial charge is 0.495 e. The van der Waals surface area contributed by atoms with Crippen molar-refractivity contribution in [1.29, 1.82) is 0 Å². The highest BCUT2D eigenvalue weighted by Gasteiger charge is 2.30. The highest BCUT2D eigenvalue weighted by molar-refractivity contribution is 7.89. The van der Waals surface area contributed by atoms with E-state index in [1.54, 1.807) is 30.3 Å². The number of nitrogens with one attached hydrogen (secondary N) is 1. The first-order chi connectivity index (χ1) is 13.4. The van der Waals surface area contributed by atoms with Crippen LogP contribution in [0, 0.1) is 0 Å². The second kappa shape index (κ2) is 10.4. The minimum atomic E-state index is -4.06. The standard InChI is InChI=1S/C19H23ClN2O5S/c1-26-11-10-21-19(23)14-22(13-15-6-4-3-5-7-15)28(24,25)18-12-16(20)8-9-17(18)27-2/h3-9,12H,10-11,13-14H2,1-2H3,(H,21,23). The number of hydrogen-bond donors (Lipinski definition) is 1. The summed E-state index contributed by atoms with van der Waals surface area (Å²) in [6.45, 7) is 0.293. The topological polar surface area (TPSA) is 84.9 Å². The van der Waals surface area contributed by atoms with Gasteiger partial charge >= 0.3 is 0 Å². The van der Waals surface area contributed by atoms with E-state index in [-0.39, 0.29) is 35.3 Å². The second-order valence-corrected chi connectivity index (χ2v) is 8.24. The molecule has 0 atom stereocenters. The smallest absolute Gasteiger partial charge is 0.247 e. The molecular formula is C19H23ClN2O5S. The molecule has 7 nitrogen and oxygen atoms in total. The van der Waals surface area contributed by atoms with Crippen LogP contribution in [0.3, 0.4) is 0 Å². The predicted octanol–water partition coefficient (Wildman–Crippen LogP) is 2.30. The van der Waals surface area contributed by atoms with E-state index in [9.17, 15) is 13.2 Å². The third-order valence-corrected chi connectivity index (χ3v) is 5.94. The van der Waals surface area contributed by atoms with Crippen LogP contribution in [0.25, 0.3) is 0 Å². The molecule has 2 aromatic rings. The van der Waals surface area contributed by atoms with Crippen LogP contribution in [-0.4, -0.2) is 52.5 Å². The zero-order valence-corrected chi connectivity index (χ0v) is 17.3. The van der Waals surface area contributed by atoms with Crippen LogP contribution in [0.15, 0.2) is 53.4 Å². The molecule has 0 aromatic heterocycles. The van der Waals surface area contributed by atoms with Gasteiger partial charge in [-0.05, 0) is 23.8 Å². The molecule has 0 unspecified atom stereocenters. The number of ether oxygens (including phenoxy) is 2. The maximum Gasteiger partial charge on any atom is 0.247 e. The molecule has 0 aliphatic carbocycles. The number of carbonyl (C=O) groups excluding carboxylic acids is 1. The van der Waals surface area contributed by atoms with Gasteiger partial charge in [0.1, 0.15) is 10.6 Å². The van der Waals surface area contributed by atoms with Crippen LogP contribution in [0.1, 0.15) is 5.56 Å². The van der Waals surface area contributed by atoms with Gasteiger partial charge in [-0.25, -0.2) is 8.42 Å². The first kappa shape index (κ1) is 22.2. The summed E-state index contributed by atoms with van der Waals surface area (Å²) in [5.41, 5.74) is 0.747. The lowest BCUT2D eigenvalue weighted by atomic mass is 10.2. The Morgan fingerprint density at radius 1 is 1.14 bits per heavy atom. The van der Waals surface area contributed by atoms with Crippen molar-refractivity contribution in [2.75, 3.05) is 33.9 Å². The number of hydrogen-bond acceptors (Lipinski definition) is 5. The van der Waals surface area contributed by atoms with Gasteiger partial charge < -0.3 is 14.8 Å². The lowest BCUT2D eigenvalue weighted by molar-refractivity contribution is -0.121. The van der Waals surface area contributed by atoms with Crippen molar-refractivity contribution in [1.82, 2.24) is 9.62 Å². The van der Waals surface area contributed by atoms with E-state index in [1.807, 2.05) is 6.07 Å². The number of rotatable bonds is 10. The average Bonchev–Trinajstić information content (AvgIpc) is 2.68. The Morgan fingerprint density at radius 3 is 2.50 bits per heavy atom. The van der Waals surface area contributed by atoms with Gasteiger partial charge in [0.2, 0.25) is 15.9 Å². The van der Waals surface area contributed by atoms with Gasteiger partial charge in [-0.3, -0.25) is 4.79 Å². The predicted molar refractivity (Wildman–Crippen MR) is 107 cm³/mol. The summed E-state index contributed by atoms with van der Waals surface area (Å²) in [6, 6.07) is 13.4. The number of amides is 1. The number of carbonyl (C=O) groups is 1. The second-order valence-electron chi connectivity index (χ2n) is 5.90. The average molecular weight is 427 g/mol. The lowest BCUT2D eigenvalue weighted by Gasteiger charge is -2.23. The molecular weight excluding hydrogens is 404 g/mol. The molecule has 0 aliphatic rings. The monoisotopic (exact) mass is 426 g/mol.